The third kappa shape index (κ3) is 5.90. The van der Waals surface area contributed by atoms with E-state index in [4.69, 9.17) is 4.52 Å². The van der Waals surface area contributed by atoms with Crippen molar-refractivity contribution in [3.63, 3.8) is 0 Å². The van der Waals surface area contributed by atoms with Crippen LogP contribution in [0.3, 0.4) is 0 Å². The van der Waals surface area contributed by atoms with Crippen molar-refractivity contribution < 1.29 is 9.32 Å². The number of urea groups is 1. The predicted molar refractivity (Wildman–Crippen MR) is 118 cm³/mol. The molecule has 2 aromatic carbocycles. The fourth-order valence-corrected chi connectivity index (χ4v) is 2.86. The Hall–Kier alpha value is -3.19. The minimum atomic E-state index is -0.131. The highest BCUT2D eigenvalue weighted by Gasteiger charge is 2.15. The largest absolute Gasteiger partial charge is 0.334 e. The lowest BCUT2D eigenvalue weighted by molar-refractivity contribution is 0.202. The van der Waals surface area contributed by atoms with E-state index in [1.54, 1.807) is 0 Å². The Morgan fingerprint density at radius 2 is 1.73 bits per heavy atom. The van der Waals surface area contributed by atoms with E-state index in [-0.39, 0.29) is 11.9 Å². The maximum Gasteiger partial charge on any atom is 0.322 e. The lowest BCUT2D eigenvalue weighted by atomic mass is 10.2. The minimum Gasteiger partial charge on any atom is -0.334 e. The van der Waals surface area contributed by atoms with Gasteiger partial charge in [-0.2, -0.15) is 4.98 Å². The monoisotopic (exact) mass is 407 g/mol. The van der Waals surface area contributed by atoms with Crippen LogP contribution in [-0.2, 0) is 6.54 Å². The van der Waals surface area contributed by atoms with Crippen LogP contribution in [0.15, 0.2) is 59.1 Å². The second kappa shape index (κ2) is 10.0. The lowest BCUT2D eigenvalue weighted by Crippen LogP contribution is -2.39. The van der Waals surface area contributed by atoms with Gasteiger partial charge < -0.3 is 19.6 Å². The van der Waals surface area contributed by atoms with Crippen LogP contribution >= 0.6 is 0 Å². The molecule has 0 radical (unpaired) electrons. The maximum atomic E-state index is 12.9. The molecule has 0 aliphatic carbocycles. The molecule has 0 saturated carbocycles. The van der Waals surface area contributed by atoms with Gasteiger partial charge in [-0.3, -0.25) is 0 Å². The number of rotatable bonds is 8. The number of aromatic nitrogens is 2. The first-order chi connectivity index (χ1) is 14.4. The standard InChI is InChI=1S/C23H29N5O2/c1-17(2)21-25-22(30-26-21)19-10-12-20(13-11-19)24-23(29)28(15-14-27(3)4)16-18-8-6-5-7-9-18/h5-13,17H,14-16H2,1-4H3,(H,24,29). The van der Waals surface area contributed by atoms with E-state index in [2.05, 4.69) is 20.4 Å². The summed E-state index contributed by atoms with van der Waals surface area (Å²) in [4.78, 5) is 21.2. The zero-order valence-corrected chi connectivity index (χ0v) is 18.0. The Morgan fingerprint density at radius 3 is 2.33 bits per heavy atom. The summed E-state index contributed by atoms with van der Waals surface area (Å²) in [7, 11) is 4.00. The van der Waals surface area contributed by atoms with E-state index in [0.29, 0.717) is 24.8 Å². The number of carbonyl (C=O) groups excluding carboxylic acids is 1. The van der Waals surface area contributed by atoms with Crippen LogP contribution in [0.25, 0.3) is 11.5 Å². The maximum absolute atomic E-state index is 12.9. The van der Waals surface area contributed by atoms with Crippen LogP contribution in [0.1, 0.15) is 31.2 Å². The van der Waals surface area contributed by atoms with Gasteiger partial charge in [0, 0.05) is 36.8 Å². The molecule has 30 heavy (non-hydrogen) atoms. The predicted octanol–water partition coefficient (Wildman–Crippen LogP) is 4.46. The molecule has 0 spiro atoms. The third-order valence-electron chi connectivity index (χ3n) is 4.66. The second-order valence-corrected chi connectivity index (χ2v) is 7.83. The van der Waals surface area contributed by atoms with E-state index in [1.807, 2.05) is 87.4 Å². The quantitative estimate of drug-likeness (QED) is 0.597. The molecular weight excluding hydrogens is 378 g/mol. The van der Waals surface area contributed by atoms with E-state index >= 15 is 0 Å². The lowest BCUT2D eigenvalue weighted by Gasteiger charge is -2.25. The van der Waals surface area contributed by atoms with Gasteiger partial charge in [-0.05, 0) is 43.9 Å². The number of hydrogen-bond acceptors (Lipinski definition) is 5. The van der Waals surface area contributed by atoms with Gasteiger partial charge in [0.2, 0.25) is 0 Å². The number of nitrogens with zero attached hydrogens (tertiary/aromatic N) is 4. The van der Waals surface area contributed by atoms with Crippen LogP contribution < -0.4 is 5.32 Å². The van der Waals surface area contributed by atoms with Gasteiger partial charge in [0.15, 0.2) is 5.82 Å². The van der Waals surface area contributed by atoms with Crippen molar-refractivity contribution >= 4 is 11.7 Å². The first kappa shape index (κ1) is 21.5. The number of nitrogens with one attached hydrogen (secondary N) is 1. The second-order valence-electron chi connectivity index (χ2n) is 7.83. The molecule has 0 aliphatic heterocycles. The molecule has 0 atom stereocenters. The van der Waals surface area contributed by atoms with Crippen LogP contribution in [0.5, 0.6) is 0 Å². The fraction of sp³-hybridized carbons (Fsp3) is 0.348. The van der Waals surface area contributed by atoms with Crippen molar-refractivity contribution in [1.29, 1.82) is 0 Å². The van der Waals surface area contributed by atoms with Crippen molar-refractivity contribution in [3.8, 4) is 11.5 Å². The summed E-state index contributed by atoms with van der Waals surface area (Å²) in [6.07, 6.45) is 0. The van der Waals surface area contributed by atoms with Crippen LogP contribution in [0.4, 0.5) is 10.5 Å². The molecule has 0 fully saturated rings. The minimum absolute atomic E-state index is 0.131. The molecule has 158 valence electrons. The van der Waals surface area contributed by atoms with Gasteiger partial charge in [-0.25, -0.2) is 4.79 Å². The molecule has 3 aromatic rings. The van der Waals surface area contributed by atoms with Crippen molar-refractivity contribution in [1.82, 2.24) is 19.9 Å². The SMILES string of the molecule is CC(C)c1noc(-c2ccc(NC(=O)N(CCN(C)C)Cc3ccccc3)cc2)n1. The topological polar surface area (TPSA) is 74.5 Å². The highest BCUT2D eigenvalue weighted by atomic mass is 16.5. The van der Waals surface area contributed by atoms with Gasteiger partial charge in [-0.15, -0.1) is 0 Å². The number of benzene rings is 2. The first-order valence-corrected chi connectivity index (χ1v) is 10.1. The smallest absolute Gasteiger partial charge is 0.322 e. The Bertz CT molecular complexity index is 936. The van der Waals surface area contributed by atoms with Crippen molar-refractivity contribution in [2.45, 2.75) is 26.3 Å². The zero-order valence-electron chi connectivity index (χ0n) is 18.0. The fourth-order valence-electron chi connectivity index (χ4n) is 2.86. The van der Waals surface area contributed by atoms with E-state index < -0.39 is 0 Å². The molecule has 0 saturated heterocycles. The van der Waals surface area contributed by atoms with Gasteiger partial charge in [-0.1, -0.05) is 49.3 Å². The van der Waals surface area contributed by atoms with E-state index in [0.717, 1.165) is 23.4 Å². The number of carbonyl (C=O) groups is 1. The molecule has 3 rings (SSSR count). The Kier molecular flexibility index (Phi) is 7.19. The summed E-state index contributed by atoms with van der Waals surface area (Å²) in [6.45, 7) is 6.01. The Morgan fingerprint density at radius 1 is 1.03 bits per heavy atom. The summed E-state index contributed by atoms with van der Waals surface area (Å²) < 4.78 is 5.33. The molecule has 7 heteroatoms. The van der Waals surface area contributed by atoms with Gasteiger partial charge in [0.1, 0.15) is 0 Å². The molecule has 1 N–H and O–H groups in total. The zero-order chi connectivity index (χ0) is 21.5. The van der Waals surface area contributed by atoms with Crippen molar-refractivity contribution in [2.24, 2.45) is 0 Å². The van der Waals surface area contributed by atoms with Crippen LogP contribution in [0.2, 0.25) is 0 Å². The highest BCUT2D eigenvalue weighted by molar-refractivity contribution is 5.89. The third-order valence-corrected chi connectivity index (χ3v) is 4.66. The van der Waals surface area contributed by atoms with Crippen molar-refractivity contribution in [2.75, 3.05) is 32.5 Å². The van der Waals surface area contributed by atoms with E-state index in [1.165, 1.54) is 0 Å². The average molecular weight is 408 g/mol. The average Bonchev–Trinajstić information content (AvgIpc) is 3.23. The number of amides is 2. The Balaban J connectivity index is 1.67. The summed E-state index contributed by atoms with van der Waals surface area (Å²) in [6, 6.07) is 17.3. The van der Waals surface area contributed by atoms with Gasteiger partial charge in [0.25, 0.3) is 5.89 Å². The molecule has 1 heterocycles. The first-order valence-electron chi connectivity index (χ1n) is 10.1. The van der Waals surface area contributed by atoms with Crippen LogP contribution in [-0.4, -0.2) is 53.2 Å². The molecule has 0 aliphatic rings. The molecular formula is C23H29N5O2. The normalized spacial score (nSPS) is 11.1. The molecule has 7 nitrogen and oxygen atoms in total. The Labute approximate surface area is 177 Å². The van der Waals surface area contributed by atoms with E-state index in [9.17, 15) is 4.79 Å². The molecule has 0 bridgehead atoms. The number of anilines is 1. The van der Waals surface area contributed by atoms with Crippen LogP contribution in [0, 0.1) is 0 Å². The number of hydrogen-bond donors (Lipinski definition) is 1. The number of likely N-dealkylation sites (N-methyl/N-ethyl adjacent to an activating group) is 1. The molecule has 2 amide bonds. The van der Waals surface area contributed by atoms with Crippen molar-refractivity contribution in [3.05, 3.63) is 66.0 Å². The summed E-state index contributed by atoms with van der Waals surface area (Å²) in [5, 5.41) is 6.98. The van der Waals surface area contributed by atoms with Gasteiger partial charge in [0.05, 0.1) is 0 Å². The van der Waals surface area contributed by atoms with Gasteiger partial charge >= 0.3 is 6.03 Å². The summed E-state index contributed by atoms with van der Waals surface area (Å²) in [5.41, 5.74) is 2.63. The summed E-state index contributed by atoms with van der Waals surface area (Å²) >= 11 is 0. The molecule has 0 unspecified atom stereocenters. The molecule has 1 aromatic heterocycles. The highest BCUT2D eigenvalue weighted by Crippen LogP contribution is 2.22. The summed E-state index contributed by atoms with van der Waals surface area (Å²) in [5.74, 6) is 1.37.